The number of likely N-dealkylation sites (N-methyl/N-ethyl adjacent to an activating group) is 1. The number of carbonyl (C=O) groups excluding carboxylic acids is 1. The van der Waals surface area contributed by atoms with E-state index in [2.05, 4.69) is 21.3 Å². The average molecular weight is 461 g/mol. The van der Waals surface area contributed by atoms with Crippen LogP contribution >= 0.6 is 35.3 Å². The van der Waals surface area contributed by atoms with Gasteiger partial charge >= 0.3 is 0 Å². The first-order chi connectivity index (χ1) is 14.1. The Balaban J connectivity index is 0.00000218. The van der Waals surface area contributed by atoms with Crippen LogP contribution in [-0.4, -0.2) is 37.1 Å². The number of nitrogens with zero attached hydrogens (tertiary/aromatic N) is 3. The SMILES string of the molecule is CN[C@H]1CCN(c2ccc(N3Cc4cc(-c5ccc(Cl)cc5)sc4C3=O)cn2)C1.Cl. The third-order valence-corrected chi connectivity index (χ3v) is 7.14. The first-order valence-corrected chi connectivity index (χ1v) is 10.9. The summed E-state index contributed by atoms with van der Waals surface area (Å²) in [6.45, 7) is 2.56. The molecule has 0 saturated carbocycles. The Morgan fingerprint density at radius 2 is 2.00 bits per heavy atom. The summed E-state index contributed by atoms with van der Waals surface area (Å²) in [7, 11) is 2.00. The molecule has 1 saturated heterocycles. The molecule has 1 atom stereocenters. The highest BCUT2D eigenvalue weighted by Gasteiger charge is 2.32. The van der Waals surface area contributed by atoms with Gasteiger partial charge in [-0.1, -0.05) is 23.7 Å². The number of anilines is 2. The maximum atomic E-state index is 13.0. The predicted molar refractivity (Wildman–Crippen MR) is 126 cm³/mol. The molecule has 3 aromatic rings. The van der Waals surface area contributed by atoms with Crippen molar-refractivity contribution in [2.75, 3.05) is 29.9 Å². The number of nitrogens with one attached hydrogen (secondary N) is 1. The average Bonchev–Trinajstić information content (AvgIpc) is 3.45. The number of thiophene rings is 1. The van der Waals surface area contributed by atoms with Crippen LogP contribution in [0.5, 0.6) is 0 Å². The first kappa shape index (κ1) is 21.1. The summed E-state index contributed by atoms with van der Waals surface area (Å²) in [6, 6.07) is 14.4. The Morgan fingerprint density at radius 3 is 2.63 bits per heavy atom. The molecule has 5 nitrogen and oxygen atoms in total. The van der Waals surface area contributed by atoms with Crippen LogP contribution < -0.4 is 15.1 Å². The third kappa shape index (κ3) is 3.81. The molecule has 30 heavy (non-hydrogen) atoms. The minimum atomic E-state index is 0. The molecule has 4 heterocycles. The lowest BCUT2D eigenvalue weighted by atomic mass is 10.1. The molecule has 2 aromatic heterocycles. The van der Waals surface area contributed by atoms with E-state index < -0.39 is 0 Å². The Bertz CT molecular complexity index is 1050. The Kier molecular flexibility index (Phi) is 6.02. The summed E-state index contributed by atoms with van der Waals surface area (Å²) in [5.41, 5.74) is 3.01. The van der Waals surface area contributed by atoms with Crippen molar-refractivity contribution in [1.82, 2.24) is 10.3 Å². The molecule has 1 aromatic carbocycles. The van der Waals surface area contributed by atoms with E-state index in [1.54, 1.807) is 11.3 Å². The largest absolute Gasteiger partial charge is 0.355 e. The number of rotatable bonds is 4. The smallest absolute Gasteiger partial charge is 0.269 e. The minimum absolute atomic E-state index is 0. The third-order valence-electron chi connectivity index (χ3n) is 5.67. The summed E-state index contributed by atoms with van der Waals surface area (Å²) in [5.74, 6) is 1.02. The van der Waals surface area contributed by atoms with Gasteiger partial charge in [-0.2, -0.15) is 0 Å². The van der Waals surface area contributed by atoms with Crippen molar-refractivity contribution in [3.8, 4) is 10.4 Å². The minimum Gasteiger partial charge on any atom is -0.355 e. The van der Waals surface area contributed by atoms with Crippen molar-refractivity contribution < 1.29 is 4.79 Å². The quantitative estimate of drug-likeness (QED) is 0.604. The van der Waals surface area contributed by atoms with Gasteiger partial charge in [0.25, 0.3) is 5.91 Å². The monoisotopic (exact) mass is 460 g/mol. The second kappa shape index (κ2) is 8.55. The molecule has 0 unspecified atom stereocenters. The van der Waals surface area contributed by atoms with E-state index in [1.165, 1.54) is 0 Å². The summed E-state index contributed by atoms with van der Waals surface area (Å²) >= 11 is 7.53. The summed E-state index contributed by atoms with van der Waals surface area (Å²) < 4.78 is 0. The van der Waals surface area contributed by atoms with Crippen LogP contribution in [0.4, 0.5) is 11.5 Å². The highest BCUT2D eigenvalue weighted by molar-refractivity contribution is 7.17. The van der Waals surface area contributed by atoms with E-state index in [9.17, 15) is 4.79 Å². The van der Waals surface area contributed by atoms with E-state index in [1.807, 2.05) is 54.5 Å². The van der Waals surface area contributed by atoms with Crippen LogP contribution in [0.1, 0.15) is 21.7 Å². The van der Waals surface area contributed by atoms with Gasteiger partial charge in [0.2, 0.25) is 0 Å². The van der Waals surface area contributed by atoms with Crippen molar-refractivity contribution in [2.45, 2.75) is 19.0 Å². The molecule has 1 amide bonds. The maximum Gasteiger partial charge on any atom is 0.269 e. The Labute approximate surface area is 191 Å². The van der Waals surface area contributed by atoms with Gasteiger partial charge in [0.1, 0.15) is 5.82 Å². The number of aromatic nitrogens is 1. The Hall–Kier alpha value is -2.12. The van der Waals surface area contributed by atoms with Gasteiger partial charge < -0.3 is 15.1 Å². The predicted octanol–water partition coefficient (Wildman–Crippen LogP) is 4.84. The molecule has 2 aliphatic rings. The molecule has 2 aliphatic heterocycles. The fourth-order valence-electron chi connectivity index (χ4n) is 3.99. The van der Waals surface area contributed by atoms with Crippen molar-refractivity contribution in [3.63, 3.8) is 0 Å². The molecule has 5 rings (SSSR count). The van der Waals surface area contributed by atoms with Crippen LogP contribution in [-0.2, 0) is 6.54 Å². The number of carbonyl (C=O) groups is 1. The lowest BCUT2D eigenvalue weighted by Crippen LogP contribution is -2.30. The second-order valence-corrected chi connectivity index (χ2v) is 8.95. The molecule has 8 heteroatoms. The fraction of sp³-hybridized carbons (Fsp3) is 0.273. The zero-order valence-electron chi connectivity index (χ0n) is 16.5. The molecule has 1 fully saturated rings. The maximum absolute atomic E-state index is 13.0. The van der Waals surface area contributed by atoms with Gasteiger partial charge in [0.15, 0.2) is 0 Å². The number of fused-ring (bicyclic) bond motifs is 1. The number of benzene rings is 1. The fourth-order valence-corrected chi connectivity index (χ4v) is 5.24. The lowest BCUT2D eigenvalue weighted by Gasteiger charge is -2.20. The molecule has 156 valence electrons. The highest BCUT2D eigenvalue weighted by atomic mass is 35.5. The van der Waals surface area contributed by atoms with Gasteiger partial charge in [-0.05, 0) is 54.9 Å². The normalized spacial score (nSPS) is 17.9. The molecular formula is C22H22Cl2N4OS. The van der Waals surface area contributed by atoms with Gasteiger partial charge in [-0.25, -0.2) is 4.98 Å². The summed E-state index contributed by atoms with van der Waals surface area (Å²) in [4.78, 5) is 23.6. The molecule has 1 N–H and O–H groups in total. The van der Waals surface area contributed by atoms with E-state index in [0.29, 0.717) is 17.6 Å². The number of amides is 1. The van der Waals surface area contributed by atoms with Crippen molar-refractivity contribution in [3.05, 3.63) is 64.1 Å². The molecule has 0 spiro atoms. The van der Waals surface area contributed by atoms with Gasteiger partial charge in [-0.15, -0.1) is 23.7 Å². The summed E-state index contributed by atoms with van der Waals surface area (Å²) in [6.07, 6.45) is 2.94. The summed E-state index contributed by atoms with van der Waals surface area (Å²) in [5, 5.41) is 4.04. The molecular weight excluding hydrogens is 439 g/mol. The number of pyridine rings is 1. The van der Waals surface area contributed by atoms with E-state index >= 15 is 0 Å². The first-order valence-electron chi connectivity index (χ1n) is 9.71. The van der Waals surface area contributed by atoms with Crippen LogP contribution in [0.15, 0.2) is 48.7 Å². The van der Waals surface area contributed by atoms with Gasteiger partial charge in [0, 0.05) is 29.0 Å². The van der Waals surface area contributed by atoms with E-state index in [0.717, 1.165) is 51.9 Å². The lowest BCUT2D eigenvalue weighted by molar-refractivity contribution is 0.1000. The van der Waals surface area contributed by atoms with E-state index in [-0.39, 0.29) is 18.3 Å². The zero-order valence-corrected chi connectivity index (χ0v) is 18.9. The Morgan fingerprint density at radius 1 is 1.20 bits per heavy atom. The second-order valence-electron chi connectivity index (χ2n) is 7.46. The van der Waals surface area contributed by atoms with Crippen LogP contribution in [0.2, 0.25) is 5.02 Å². The topological polar surface area (TPSA) is 48.5 Å². The van der Waals surface area contributed by atoms with E-state index in [4.69, 9.17) is 11.6 Å². The van der Waals surface area contributed by atoms with Gasteiger partial charge in [0.05, 0.1) is 23.3 Å². The van der Waals surface area contributed by atoms with Crippen LogP contribution in [0.3, 0.4) is 0 Å². The van der Waals surface area contributed by atoms with Crippen molar-refractivity contribution >= 4 is 52.8 Å². The molecule has 0 radical (unpaired) electrons. The molecule has 0 bridgehead atoms. The van der Waals surface area contributed by atoms with Gasteiger partial charge in [-0.3, -0.25) is 4.79 Å². The van der Waals surface area contributed by atoms with Crippen molar-refractivity contribution in [2.24, 2.45) is 0 Å². The highest BCUT2D eigenvalue weighted by Crippen LogP contribution is 2.38. The number of hydrogen-bond donors (Lipinski definition) is 1. The van der Waals surface area contributed by atoms with Crippen LogP contribution in [0.25, 0.3) is 10.4 Å². The molecule has 0 aliphatic carbocycles. The van der Waals surface area contributed by atoms with Crippen molar-refractivity contribution in [1.29, 1.82) is 0 Å². The standard InChI is InChI=1S/C22H21ClN4OS.ClH/c1-24-17-8-9-26(13-17)20-7-6-18(11-25-20)27-12-15-10-19(29-21(15)22(27)28)14-2-4-16(23)5-3-14;/h2-7,10-11,17,24H,8-9,12-13H2,1H3;1H/t17-;/m0./s1. The van der Waals surface area contributed by atoms with Crippen LogP contribution in [0, 0.1) is 0 Å². The number of halogens is 2. The number of hydrogen-bond acceptors (Lipinski definition) is 5. The zero-order chi connectivity index (χ0) is 20.0.